The van der Waals surface area contributed by atoms with Crippen LogP contribution < -0.4 is 9.64 Å². The first-order chi connectivity index (χ1) is 17.4. The van der Waals surface area contributed by atoms with E-state index in [1.165, 1.54) is 18.2 Å². The summed E-state index contributed by atoms with van der Waals surface area (Å²) >= 11 is 0. The Bertz CT molecular complexity index is 1360. The third kappa shape index (κ3) is 4.95. The summed E-state index contributed by atoms with van der Waals surface area (Å²) in [5, 5.41) is 11.1. The topological polar surface area (TPSA) is 58.6 Å². The standard InChI is InChI=1S/C27H23F3N4O2/c28-27(29,30)22-10-3-4-11-24(22)36-18-26(35)34-16-14-33(15-17-34)25-13-12-23(31-32-25)21-9-5-7-19-6-1-2-8-20(19)21/h1-13H,14-18H2. The summed E-state index contributed by atoms with van der Waals surface area (Å²) in [4.78, 5) is 16.2. The molecule has 0 atom stereocenters. The minimum atomic E-state index is -4.55. The van der Waals surface area contributed by atoms with E-state index in [4.69, 9.17) is 4.74 Å². The van der Waals surface area contributed by atoms with Gasteiger partial charge < -0.3 is 14.5 Å². The van der Waals surface area contributed by atoms with Gasteiger partial charge in [-0.15, -0.1) is 10.2 Å². The number of aromatic nitrogens is 2. The molecule has 2 heterocycles. The van der Waals surface area contributed by atoms with Crippen molar-refractivity contribution in [2.24, 2.45) is 0 Å². The van der Waals surface area contributed by atoms with E-state index < -0.39 is 18.3 Å². The maximum atomic E-state index is 13.1. The molecule has 1 aromatic heterocycles. The number of para-hydroxylation sites is 1. The van der Waals surface area contributed by atoms with Gasteiger partial charge in [0, 0.05) is 31.7 Å². The minimum absolute atomic E-state index is 0.349. The van der Waals surface area contributed by atoms with Crippen LogP contribution in [0.1, 0.15) is 5.56 Å². The van der Waals surface area contributed by atoms with Crippen molar-refractivity contribution in [3.63, 3.8) is 0 Å². The number of carbonyl (C=O) groups excluding carboxylic acids is 1. The van der Waals surface area contributed by atoms with Crippen LogP contribution in [-0.4, -0.2) is 53.8 Å². The van der Waals surface area contributed by atoms with E-state index in [2.05, 4.69) is 28.4 Å². The molecule has 1 amide bonds. The second kappa shape index (κ2) is 9.85. The number of hydrogen-bond donors (Lipinski definition) is 0. The van der Waals surface area contributed by atoms with E-state index >= 15 is 0 Å². The number of fused-ring (bicyclic) bond motifs is 1. The highest BCUT2D eigenvalue weighted by atomic mass is 19.4. The molecule has 1 saturated heterocycles. The van der Waals surface area contributed by atoms with Crippen LogP contribution in [0.5, 0.6) is 5.75 Å². The number of hydrogen-bond acceptors (Lipinski definition) is 5. The Morgan fingerprint density at radius 1 is 0.833 bits per heavy atom. The summed E-state index contributed by atoms with van der Waals surface area (Å²) < 4.78 is 44.6. The van der Waals surface area contributed by atoms with Crippen molar-refractivity contribution in [2.75, 3.05) is 37.7 Å². The first-order valence-electron chi connectivity index (χ1n) is 11.5. The van der Waals surface area contributed by atoms with Crippen LogP contribution in [0.25, 0.3) is 22.0 Å². The van der Waals surface area contributed by atoms with Crippen LogP contribution in [0.4, 0.5) is 19.0 Å². The zero-order valence-electron chi connectivity index (χ0n) is 19.3. The third-order valence-corrected chi connectivity index (χ3v) is 6.22. The molecular weight excluding hydrogens is 469 g/mol. The smallest absolute Gasteiger partial charge is 0.419 e. The highest BCUT2D eigenvalue weighted by molar-refractivity contribution is 5.95. The van der Waals surface area contributed by atoms with Gasteiger partial charge >= 0.3 is 6.18 Å². The van der Waals surface area contributed by atoms with Gasteiger partial charge in [-0.05, 0) is 35.0 Å². The Balaban J connectivity index is 1.19. The first-order valence-corrected chi connectivity index (χ1v) is 11.5. The number of alkyl halides is 3. The summed E-state index contributed by atoms with van der Waals surface area (Å²) in [7, 11) is 0. The quantitative estimate of drug-likeness (QED) is 0.391. The molecule has 0 bridgehead atoms. The molecule has 5 rings (SSSR count). The Morgan fingerprint density at radius 2 is 1.56 bits per heavy atom. The average Bonchev–Trinajstić information content (AvgIpc) is 2.91. The monoisotopic (exact) mass is 492 g/mol. The second-order valence-corrected chi connectivity index (χ2v) is 8.45. The van der Waals surface area contributed by atoms with E-state index in [0.717, 1.165) is 28.1 Å². The molecule has 1 aliphatic heterocycles. The molecule has 0 unspecified atom stereocenters. The van der Waals surface area contributed by atoms with Gasteiger partial charge in [-0.2, -0.15) is 13.2 Å². The minimum Gasteiger partial charge on any atom is -0.483 e. The number of amides is 1. The molecule has 1 aliphatic rings. The Labute approximate surface area is 205 Å². The van der Waals surface area contributed by atoms with Gasteiger partial charge in [0.05, 0.1) is 11.3 Å². The molecule has 0 radical (unpaired) electrons. The Morgan fingerprint density at radius 3 is 2.31 bits per heavy atom. The lowest BCUT2D eigenvalue weighted by Gasteiger charge is -2.35. The van der Waals surface area contributed by atoms with E-state index in [0.29, 0.717) is 32.0 Å². The summed E-state index contributed by atoms with van der Waals surface area (Å²) in [6.07, 6.45) is -4.55. The first kappa shape index (κ1) is 23.6. The van der Waals surface area contributed by atoms with Gasteiger partial charge in [-0.1, -0.05) is 54.6 Å². The lowest BCUT2D eigenvalue weighted by Crippen LogP contribution is -2.50. The van der Waals surface area contributed by atoms with Crippen LogP contribution in [0.15, 0.2) is 78.9 Å². The van der Waals surface area contributed by atoms with Crippen LogP contribution in [0, 0.1) is 0 Å². The molecule has 184 valence electrons. The lowest BCUT2D eigenvalue weighted by atomic mass is 10.0. The predicted molar refractivity (Wildman–Crippen MR) is 131 cm³/mol. The molecular formula is C27H23F3N4O2. The number of ether oxygens (including phenoxy) is 1. The summed E-state index contributed by atoms with van der Waals surface area (Å²) in [5.74, 6) is 0.00370. The van der Waals surface area contributed by atoms with Crippen molar-refractivity contribution in [3.05, 3.63) is 84.4 Å². The predicted octanol–water partition coefficient (Wildman–Crippen LogP) is 5.04. The fourth-order valence-electron chi connectivity index (χ4n) is 4.33. The van der Waals surface area contributed by atoms with Gasteiger partial charge in [0.25, 0.3) is 5.91 Å². The number of anilines is 1. The number of benzene rings is 3. The van der Waals surface area contributed by atoms with E-state index in [9.17, 15) is 18.0 Å². The molecule has 4 aromatic rings. The van der Waals surface area contributed by atoms with Crippen molar-refractivity contribution < 1.29 is 22.7 Å². The Kier molecular flexibility index (Phi) is 6.45. The maximum absolute atomic E-state index is 13.1. The number of piperazine rings is 1. The Hall–Kier alpha value is -4.14. The average molecular weight is 493 g/mol. The van der Waals surface area contributed by atoms with Crippen molar-refractivity contribution in [1.82, 2.24) is 15.1 Å². The molecule has 0 spiro atoms. The molecule has 0 N–H and O–H groups in total. The van der Waals surface area contributed by atoms with Crippen molar-refractivity contribution in [2.45, 2.75) is 6.18 Å². The molecule has 9 heteroatoms. The molecule has 0 saturated carbocycles. The van der Waals surface area contributed by atoms with Gasteiger partial charge in [0.1, 0.15) is 5.75 Å². The van der Waals surface area contributed by atoms with E-state index in [1.54, 1.807) is 4.90 Å². The molecule has 3 aromatic carbocycles. The second-order valence-electron chi connectivity index (χ2n) is 8.45. The number of nitrogens with zero attached hydrogens (tertiary/aromatic N) is 4. The van der Waals surface area contributed by atoms with Gasteiger partial charge in [-0.3, -0.25) is 4.79 Å². The fraction of sp³-hybridized carbons (Fsp3) is 0.222. The van der Waals surface area contributed by atoms with Crippen molar-refractivity contribution >= 4 is 22.5 Å². The van der Waals surface area contributed by atoms with Gasteiger partial charge in [0.15, 0.2) is 12.4 Å². The van der Waals surface area contributed by atoms with Gasteiger partial charge in [0.2, 0.25) is 0 Å². The van der Waals surface area contributed by atoms with Crippen molar-refractivity contribution in [3.8, 4) is 17.0 Å². The number of halogens is 3. The normalized spacial score (nSPS) is 14.2. The molecule has 1 fully saturated rings. The zero-order valence-corrected chi connectivity index (χ0v) is 19.3. The molecule has 0 aliphatic carbocycles. The number of carbonyl (C=O) groups is 1. The van der Waals surface area contributed by atoms with Crippen LogP contribution in [-0.2, 0) is 11.0 Å². The maximum Gasteiger partial charge on any atom is 0.419 e. The largest absolute Gasteiger partial charge is 0.483 e. The third-order valence-electron chi connectivity index (χ3n) is 6.22. The van der Waals surface area contributed by atoms with Crippen LogP contribution in [0.3, 0.4) is 0 Å². The highest BCUT2D eigenvalue weighted by Crippen LogP contribution is 2.36. The van der Waals surface area contributed by atoms with Crippen LogP contribution in [0.2, 0.25) is 0 Å². The van der Waals surface area contributed by atoms with Crippen molar-refractivity contribution in [1.29, 1.82) is 0 Å². The SMILES string of the molecule is O=C(COc1ccccc1C(F)(F)F)N1CCN(c2ccc(-c3cccc4ccccc34)nn2)CC1. The fourth-order valence-corrected chi connectivity index (χ4v) is 4.33. The van der Waals surface area contributed by atoms with Crippen LogP contribution >= 0.6 is 0 Å². The molecule has 36 heavy (non-hydrogen) atoms. The van der Waals surface area contributed by atoms with E-state index in [1.807, 2.05) is 41.3 Å². The zero-order chi connectivity index (χ0) is 25.1. The summed E-state index contributed by atoms with van der Waals surface area (Å²) in [6, 6.07) is 22.9. The summed E-state index contributed by atoms with van der Waals surface area (Å²) in [6.45, 7) is 1.44. The number of rotatable bonds is 5. The van der Waals surface area contributed by atoms with E-state index in [-0.39, 0.29) is 11.7 Å². The molecule has 6 nitrogen and oxygen atoms in total. The van der Waals surface area contributed by atoms with Gasteiger partial charge in [-0.25, -0.2) is 0 Å². The highest BCUT2D eigenvalue weighted by Gasteiger charge is 2.34. The summed E-state index contributed by atoms with van der Waals surface area (Å²) in [5.41, 5.74) is 0.892. The lowest BCUT2D eigenvalue weighted by molar-refractivity contribution is -0.141.